The minimum atomic E-state index is -4.03. The second-order valence-corrected chi connectivity index (χ2v) is 8.51. The molecule has 0 aromatic heterocycles. The number of amides is 1. The number of benzene rings is 3. The lowest BCUT2D eigenvalue weighted by Crippen LogP contribution is -2.14. The fraction of sp³-hybridized carbons (Fsp3) is 0.136. The van der Waals surface area contributed by atoms with Crippen LogP contribution < -0.4 is 9.50 Å². The van der Waals surface area contributed by atoms with Crippen LogP contribution in [0.5, 0.6) is 5.75 Å². The van der Waals surface area contributed by atoms with E-state index in [2.05, 4.69) is 5.32 Å². The van der Waals surface area contributed by atoms with Crippen LogP contribution in [0.25, 0.3) is 0 Å². The third kappa shape index (κ3) is 4.89. The number of aryl methyl sites for hydroxylation is 2. The highest BCUT2D eigenvalue weighted by molar-refractivity contribution is 7.87. The minimum Gasteiger partial charge on any atom is -0.379 e. The smallest absolute Gasteiger partial charge is 0.339 e. The van der Waals surface area contributed by atoms with E-state index >= 15 is 0 Å². The van der Waals surface area contributed by atoms with Crippen LogP contribution in [0.2, 0.25) is 0 Å². The van der Waals surface area contributed by atoms with Gasteiger partial charge in [-0.2, -0.15) is 8.42 Å². The van der Waals surface area contributed by atoms with Crippen LogP contribution in [-0.2, 0) is 10.1 Å². The molecule has 0 bridgehead atoms. The van der Waals surface area contributed by atoms with E-state index in [-0.39, 0.29) is 21.9 Å². The first-order valence-electron chi connectivity index (χ1n) is 9.25. The molecule has 3 rings (SSSR count). The van der Waals surface area contributed by atoms with Crippen LogP contribution in [0.3, 0.4) is 0 Å². The SMILES string of the molecule is Cc1ccc(C)c(S(=O)(=O)Oc2ccc(C(=O)Nc3cccc([N+](=O)[O-])c3C)cc2)c1. The largest absolute Gasteiger partial charge is 0.379 e. The molecule has 1 amide bonds. The van der Waals surface area contributed by atoms with Gasteiger partial charge < -0.3 is 9.50 Å². The molecule has 8 nitrogen and oxygen atoms in total. The maximum Gasteiger partial charge on any atom is 0.339 e. The van der Waals surface area contributed by atoms with Gasteiger partial charge in [0.1, 0.15) is 10.6 Å². The Morgan fingerprint density at radius 2 is 1.68 bits per heavy atom. The normalized spacial score (nSPS) is 11.1. The van der Waals surface area contributed by atoms with Gasteiger partial charge in [0.15, 0.2) is 0 Å². The molecule has 0 saturated heterocycles. The zero-order valence-electron chi connectivity index (χ0n) is 17.1. The van der Waals surface area contributed by atoms with Crippen molar-refractivity contribution in [3.63, 3.8) is 0 Å². The summed E-state index contributed by atoms with van der Waals surface area (Å²) in [5.41, 5.74) is 2.14. The summed E-state index contributed by atoms with van der Waals surface area (Å²) in [6.07, 6.45) is 0. The Kier molecular flexibility index (Phi) is 6.07. The molecule has 160 valence electrons. The van der Waals surface area contributed by atoms with E-state index in [1.54, 1.807) is 32.9 Å². The fourth-order valence-corrected chi connectivity index (χ4v) is 4.21. The van der Waals surface area contributed by atoms with Gasteiger partial charge >= 0.3 is 10.1 Å². The van der Waals surface area contributed by atoms with Crippen LogP contribution in [0.15, 0.2) is 65.6 Å². The summed E-state index contributed by atoms with van der Waals surface area (Å²) >= 11 is 0. The van der Waals surface area contributed by atoms with Gasteiger partial charge in [0.05, 0.1) is 16.2 Å². The lowest BCUT2D eigenvalue weighted by Gasteiger charge is -2.11. The Morgan fingerprint density at radius 1 is 1.00 bits per heavy atom. The number of carbonyl (C=O) groups excluding carboxylic acids is 1. The molecule has 3 aromatic rings. The summed E-state index contributed by atoms with van der Waals surface area (Å²) in [4.78, 5) is 23.1. The summed E-state index contributed by atoms with van der Waals surface area (Å²) < 4.78 is 30.4. The van der Waals surface area contributed by atoms with Gasteiger partial charge in [-0.1, -0.05) is 18.2 Å². The van der Waals surface area contributed by atoms with Crippen LogP contribution in [0.1, 0.15) is 27.0 Å². The Hall–Kier alpha value is -3.72. The lowest BCUT2D eigenvalue weighted by molar-refractivity contribution is -0.385. The van der Waals surface area contributed by atoms with Crippen molar-refractivity contribution in [1.82, 2.24) is 0 Å². The van der Waals surface area contributed by atoms with Crippen LogP contribution in [-0.4, -0.2) is 19.2 Å². The van der Waals surface area contributed by atoms with Gasteiger partial charge in [-0.05, 0) is 68.3 Å². The predicted molar refractivity (Wildman–Crippen MR) is 116 cm³/mol. The third-order valence-corrected chi connectivity index (χ3v) is 6.08. The van der Waals surface area contributed by atoms with E-state index in [4.69, 9.17) is 4.18 Å². The summed E-state index contributed by atoms with van der Waals surface area (Å²) in [7, 11) is -4.03. The molecular weight excluding hydrogens is 420 g/mol. The number of hydrogen-bond donors (Lipinski definition) is 1. The van der Waals surface area contributed by atoms with Crippen molar-refractivity contribution in [1.29, 1.82) is 0 Å². The van der Waals surface area contributed by atoms with Gasteiger partial charge in [-0.3, -0.25) is 14.9 Å². The standard InChI is InChI=1S/C22H20N2O6S/c1-14-7-8-15(2)21(13-14)31(28,29)30-18-11-9-17(10-12-18)22(25)23-19-5-4-6-20(16(19)3)24(26)27/h4-13H,1-3H3,(H,23,25). The molecule has 1 N–H and O–H groups in total. The van der Waals surface area contributed by atoms with E-state index in [0.29, 0.717) is 16.8 Å². The highest BCUT2D eigenvalue weighted by Crippen LogP contribution is 2.26. The van der Waals surface area contributed by atoms with Crippen molar-refractivity contribution in [2.24, 2.45) is 0 Å². The zero-order chi connectivity index (χ0) is 22.8. The maximum atomic E-state index is 12.6. The highest BCUT2D eigenvalue weighted by Gasteiger charge is 2.20. The molecule has 0 heterocycles. The molecule has 0 saturated carbocycles. The molecule has 0 aliphatic rings. The Bertz CT molecular complexity index is 1270. The van der Waals surface area contributed by atoms with Crippen molar-refractivity contribution in [2.75, 3.05) is 5.32 Å². The quantitative estimate of drug-likeness (QED) is 0.342. The third-order valence-electron chi connectivity index (χ3n) is 4.69. The minimum absolute atomic E-state index is 0.0592. The fourth-order valence-electron chi connectivity index (χ4n) is 2.96. The van der Waals surface area contributed by atoms with Gasteiger partial charge in [-0.25, -0.2) is 0 Å². The van der Waals surface area contributed by atoms with E-state index < -0.39 is 20.9 Å². The first-order chi connectivity index (χ1) is 14.6. The topological polar surface area (TPSA) is 116 Å². The van der Waals surface area contributed by atoms with Crippen molar-refractivity contribution in [3.05, 3.63) is 93.0 Å². The van der Waals surface area contributed by atoms with Crippen molar-refractivity contribution in [3.8, 4) is 5.75 Å². The number of carbonyl (C=O) groups is 1. The van der Waals surface area contributed by atoms with Crippen LogP contribution >= 0.6 is 0 Å². The molecule has 3 aromatic carbocycles. The summed E-state index contributed by atoms with van der Waals surface area (Å²) in [5, 5.41) is 13.7. The number of nitro groups is 1. The van der Waals surface area contributed by atoms with Crippen LogP contribution in [0, 0.1) is 30.9 Å². The lowest BCUT2D eigenvalue weighted by atomic mass is 10.1. The molecule has 9 heteroatoms. The molecule has 0 atom stereocenters. The van der Waals surface area contributed by atoms with E-state index in [0.717, 1.165) is 5.56 Å². The molecule has 0 aliphatic carbocycles. The highest BCUT2D eigenvalue weighted by atomic mass is 32.2. The Morgan fingerprint density at radius 3 is 2.32 bits per heavy atom. The molecule has 0 aliphatic heterocycles. The second kappa shape index (κ2) is 8.57. The summed E-state index contributed by atoms with van der Waals surface area (Å²) in [5.74, 6) is -0.434. The van der Waals surface area contributed by atoms with Crippen molar-refractivity contribution >= 4 is 27.4 Å². The van der Waals surface area contributed by atoms with Gasteiger partial charge in [0.2, 0.25) is 0 Å². The average molecular weight is 440 g/mol. The van der Waals surface area contributed by atoms with Gasteiger partial charge in [0.25, 0.3) is 11.6 Å². The average Bonchev–Trinajstić information content (AvgIpc) is 2.71. The first-order valence-corrected chi connectivity index (χ1v) is 10.7. The molecule has 0 spiro atoms. The monoisotopic (exact) mass is 440 g/mol. The van der Waals surface area contributed by atoms with E-state index in [9.17, 15) is 23.3 Å². The number of rotatable bonds is 6. The predicted octanol–water partition coefficient (Wildman–Crippen LogP) is 4.54. The molecular formula is C22H20N2O6S. The maximum absolute atomic E-state index is 12.6. The first kappa shape index (κ1) is 22.0. The number of nitrogens with one attached hydrogen (secondary N) is 1. The molecule has 31 heavy (non-hydrogen) atoms. The molecule has 0 radical (unpaired) electrons. The molecule has 0 fully saturated rings. The zero-order valence-corrected chi connectivity index (χ0v) is 17.9. The van der Waals surface area contributed by atoms with Crippen LogP contribution in [0.4, 0.5) is 11.4 Å². The Balaban J connectivity index is 1.77. The number of nitrogens with zero attached hydrogens (tertiary/aromatic N) is 1. The summed E-state index contributed by atoms with van der Waals surface area (Å²) in [6.45, 7) is 5.01. The number of nitro benzene ring substituents is 1. The van der Waals surface area contributed by atoms with Crippen molar-refractivity contribution < 1.29 is 22.3 Å². The van der Waals surface area contributed by atoms with Gasteiger partial charge in [0, 0.05) is 11.6 Å². The van der Waals surface area contributed by atoms with Gasteiger partial charge in [-0.15, -0.1) is 0 Å². The summed E-state index contributed by atoms with van der Waals surface area (Å²) in [6, 6.07) is 15.0. The molecule has 0 unspecified atom stereocenters. The number of anilines is 1. The van der Waals surface area contributed by atoms with E-state index in [1.807, 2.05) is 6.07 Å². The Labute approximate surface area is 179 Å². The second-order valence-electron chi connectivity index (χ2n) is 6.99. The number of hydrogen-bond acceptors (Lipinski definition) is 6. The van der Waals surface area contributed by atoms with Crippen molar-refractivity contribution in [2.45, 2.75) is 25.7 Å². The van der Waals surface area contributed by atoms with E-state index in [1.165, 1.54) is 42.5 Å².